The first-order valence-electron chi connectivity index (χ1n) is 5.39. The molecule has 1 fully saturated rings. The van der Waals surface area contributed by atoms with E-state index in [0.717, 1.165) is 11.7 Å². The van der Waals surface area contributed by atoms with Gasteiger partial charge in [0.1, 0.15) is 12.1 Å². The first-order valence-corrected chi connectivity index (χ1v) is 5.39. The Hall–Kier alpha value is -1.12. The molecule has 1 aliphatic rings. The molecule has 0 amide bonds. The second-order valence-corrected chi connectivity index (χ2v) is 4.07. The lowest BCUT2D eigenvalue weighted by Crippen LogP contribution is -2.24. The van der Waals surface area contributed by atoms with Gasteiger partial charge in [-0.3, -0.25) is 0 Å². The van der Waals surface area contributed by atoms with Crippen LogP contribution < -0.4 is 5.32 Å². The zero-order valence-electron chi connectivity index (χ0n) is 8.61. The molecule has 2 rings (SSSR count). The number of nitrogens with one attached hydrogen (secondary N) is 1. The molecule has 3 heteroatoms. The molecule has 3 nitrogen and oxygen atoms in total. The third-order valence-electron chi connectivity index (χ3n) is 3.06. The summed E-state index contributed by atoms with van der Waals surface area (Å²) in [5.41, 5.74) is 0. The van der Waals surface area contributed by atoms with Crippen molar-refractivity contribution in [3.63, 3.8) is 0 Å². The minimum atomic E-state index is 0.535. The highest BCUT2D eigenvalue weighted by Gasteiger charge is 2.21. The molecular weight excluding hydrogens is 174 g/mol. The van der Waals surface area contributed by atoms with Crippen molar-refractivity contribution in [2.75, 3.05) is 5.32 Å². The van der Waals surface area contributed by atoms with Gasteiger partial charge in [-0.1, -0.05) is 12.8 Å². The third-order valence-corrected chi connectivity index (χ3v) is 3.06. The lowest BCUT2D eigenvalue weighted by molar-refractivity contribution is 0.481. The van der Waals surface area contributed by atoms with Crippen LogP contribution in [0.15, 0.2) is 18.6 Å². The van der Waals surface area contributed by atoms with Crippen molar-refractivity contribution < 1.29 is 0 Å². The van der Waals surface area contributed by atoms with Gasteiger partial charge in [0.25, 0.3) is 0 Å². The molecule has 1 aromatic heterocycles. The van der Waals surface area contributed by atoms with Crippen LogP contribution in [0.3, 0.4) is 0 Å². The van der Waals surface area contributed by atoms with Gasteiger partial charge in [-0.2, -0.15) is 0 Å². The van der Waals surface area contributed by atoms with E-state index in [1.165, 1.54) is 25.7 Å². The molecule has 76 valence electrons. The van der Waals surface area contributed by atoms with Crippen LogP contribution >= 0.6 is 0 Å². The zero-order valence-corrected chi connectivity index (χ0v) is 8.61. The molecule has 0 spiro atoms. The lowest BCUT2D eigenvalue weighted by atomic mass is 10.00. The van der Waals surface area contributed by atoms with Gasteiger partial charge in [-0.15, -0.1) is 0 Å². The summed E-state index contributed by atoms with van der Waals surface area (Å²) < 4.78 is 0. The van der Waals surface area contributed by atoms with Crippen LogP contribution in [0, 0.1) is 5.92 Å². The highest BCUT2D eigenvalue weighted by atomic mass is 15.0. The van der Waals surface area contributed by atoms with Crippen molar-refractivity contribution in [3.8, 4) is 0 Å². The second-order valence-electron chi connectivity index (χ2n) is 4.07. The lowest BCUT2D eigenvalue weighted by Gasteiger charge is -2.20. The smallest absolute Gasteiger partial charge is 0.129 e. The molecule has 1 unspecified atom stereocenters. The summed E-state index contributed by atoms with van der Waals surface area (Å²) in [6.45, 7) is 2.25. The maximum absolute atomic E-state index is 4.17. The number of nitrogens with zero attached hydrogens (tertiary/aromatic N) is 2. The number of aromatic nitrogens is 2. The van der Waals surface area contributed by atoms with E-state index in [-0.39, 0.29) is 0 Å². The van der Waals surface area contributed by atoms with E-state index in [1.54, 1.807) is 12.5 Å². The van der Waals surface area contributed by atoms with E-state index in [0.29, 0.717) is 6.04 Å². The van der Waals surface area contributed by atoms with E-state index in [9.17, 15) is 0 Å². The fourth-order valence-electron chi connectivity index (χ4n) is 2.18. The molecule has 0 aliphatic heterocycles. The van der Waals surface area contributed by atoms with Crippen LogP contribution in [-0.4, -0.2) is 16.0 Å². The zero-order chi connectivity index (χ0) is 9.80. The van der Waals surface area contributed by atoms with Crippen LogP contribution in [0.2, 0.25) is 0 Å². The van der Waals surface area contributed by atoms with Crippen LogP contribution in [0.4, 0.5) is 5.82 Å². The summed E-state index contributed by atoms with van der Waals surface area (Å²) >= 11 is 0. The highest BCUT2D eigenvalue weighted by Crippen LogP contribution is 2.28. The predicted octanol–water partition coefficient (Wildman–Crippen LogP) is 2.47. The van der Waals surface area contributed by atoms with E-state index in [4.69, 9.17) is 0 Å². The molecule has 1 heterocycles. The van der Waals surface area contributed by atoms with Gasteiger partial charge in [0.15, 0.2) is 0 Å². The van der Waals surface area contributed by atoms with Gasteiger partial charge in [0.2, 0.25) is 0 Å². The number of hydrogen-bond acceptors (Lipinski definition) is 3. The van der Waals surface area contributed by atoms with E-state index >= 15 is 0 Å². The Morgan fingerprint density at radius 3 is 2.86 bits per heavy atom. The van der Waals surface area contributed by atoms with E-state index < -0.39 is 0 Å². The molecule has 1 aromatic rings. The average Bonchev–Trinajstić information content (AvgIpc) is 2.72. The summed E-state index contributed by atoms with van der Waals surface area (Å²) in [5, 5.41) is 3.43. The van der Waals surface area contributed by atoms with Crippen molar-refractivity contribution in [1.29, 1.82) is 0 Å². The third kappa shape index (κ3) is 2.22. The number of rotatable bonds is 3. The Morgan fingerprint density at radius 1 is 1.43 bits per heavy atom. The van der Waals surface area contributed by atoms with Crippen molar-refractivity contribution in [3.05, 3.63) is 18.6 Å². The average molecular weight is 191 g/mol. The molecule has 0 aromatic carbocycles. The van der Waals surface area contributed by atoms with Gasteiger partial charge in [0, 0.05) is 12.2 Å². The Morgan fingerprint density at radius 2 is 2.21 bits per heavy atom. The van der Waals surface area contributed by atoms with Gasteiger partial charge in [-0.05, 0) is 31.7 Å². The molecule has 14 heavy (non-hydrogen) atoms. The topological polar surface area (TPSA) is 37.8 Å². The standard InChI is InChI=1S/C11H17N3/c1-9(10-4-2-3-5-10)14-11-6-7-12-8-13-11/h6-10H,2-5H2,1H3,(H,12,13,14). The SMILES string of the molecule is CC(Nc1ccncn1)C1CCCC1. The van der Waals surface area contributed by atoms with Gasteiger partial charge < -0.3 is 5.32 Å². The monoisotopic (exact) mass is 191 g/mol. The number of anilines is 1. The molecule has 1 atom stereocenters. The highest BCUT2D eigenvalue weighted by molar-refractivity contribution is 5.32. The summed E-state index contributed by atoms with van der Waals surface area (Å²) in [4.78, 5) is 8.07. The summed E-state index contributed by atoms with van der Waals surface area (Å²) in [6, 6.07) is 2.46. The van der Waals surface area contributed by atoms with Crippen LogP contribution in [0.1, 0.15) is 32.6 Å². The summed E-state index contributed by atoms with van der Waals surface area (Å²) in [6.07, 6.45) is 8.86. The summed E-state index contributed by atoms with van der Waals surface area (Å²) in [5.74, 6) is 1.77. The Bertz CT molecular complexity index is 267. The van der Waals surface area contributed by atoms with Crippen LogP contribution in [0.5, 0.6) is 0 Å². The minimum Gasteiger partial charge on any atom is -0.367 e. The minimum absolute atomic E-state index is 0.535. The van der Waals surface area contributed by atoms with Gasteiger partial charge in [-0.25, -0.2) is 9.97 Å². The second kappa shape index (κ2) is 4.40. The summed E-state index contributed by atoms with van der Waals surface area (Å²) in [7, 11) is 0. The maximum Gasteiger partial charge on any atom is 0.129 e. The normalized spacial score (nSPS) is 19.5. The molecule has 1 aliphatic carbocycles. The fraction of sp³-hybridized carbons (Fsp3) is 0.636. The maximum atomic E-state index is 4.17. The van der Waals surface area contributed by atoms with Crippen molar-refractivity contribution in [2.45, 2.75) is 38.6 Å². The van der Waals surface area contributed by atoms with Crippen molar-refractivity contribution in [1.82, 2.24) is 9.97 Å². The van der Waals surface area contributed by atoms with E-state index in [1.807, 2.05) is 6.07 Å². The van der Waals surface area contributed by atoms with Crippen molar-refractivity contribution >= 4 is 5.82 Å². The molecular formula is C11H17N3. The van der Waals surface area contributed by atoms with Crippen LogP contribution in [-0.2, 0) is 0 Å². The van der Waals surface area contributed by atoms with Gasteiger partial charge >= 0.3 is 0 Å². The largest absolute Gasteiger partial charge is 0.367 e. The molecule has 0 bridgehead atoms. The predicted molar refractivity (Wildman–Crippen MR) is 57.1 cm³/mol. The Kier molecular flexibility index (Phi) is 2.96. The Balaban J connectivity index is 1.90. The first-order chi connectivity index (χ1) is 6.86. The van der Waals surface area contributed by atoms with Crippen molar-refractivity contribution in [2.24, 2.45) is 5.92 Å². The molecule has 1 N–H and O–H groups in total. The van der Waals surface area contributed by atoms with Crippen LogP contribution in [0.25, 0.3) is 0 Å². The quantitative estimate of drug-likeness (QED) is 0.797. The fourth-order valence-corrected chi connectivity index (χ4v) is 2.18. The first kappa shape index (κ1) is 9.44. The Labute approximate surface area is 85.0 Å². The molecule has 0 radical (unpaired) electrons. The molecule has 0 saturated heterocycles. The van der Waals surface area contributed by atoms with Gasteiger partial charge in [0.05, 0.1) is 0 Å². The number of hydrogen-bond donors (Lipinski definition) is 1. The van der Waals surface area contributed by atoms with E-state index in [2.05, 4.69) is 22.2 Å². The molecule has 1 saturated carbocycles.